The van der Waals surface area contributed by atoms with Crippen LogP contribution < -0.4 is 10.6 Å². The minimum atomic E-state index is -0.303. The fraction of sp³-hybridized carbons (Fsp3) is 0.900. The van der Waals surface area contributed by atoms with Crippen LogP contribution in [0.5, 0.6) is 0 Å². The average Bonchev–Trinajstić information content (AvgIpc) is 2.19. The van der Waals surface area contributed by atoms with E-state index in [1.165, 1.54) is 0 Å². The van der Waals surface area contributed by atoms with Gasteiger partial charge < -0.3 is 15.4 Å². The second-order valence-corrected chi connectivity index (χ2v) is 3.76. The fourth-order valence-corrected chi connectivity index (χ4v) is 1.57. The van der Waals surface area contributed by atoms with Crippen molar-refractivity contribution in [3.63, 3.8) is 0 Å². The molecule has 4 heteroatoms. The van der Waals surface area contributed by atoms with E-state index in [1.807, 2.05) is 6.92 Å². The van der Waals surface area contributed by atoms with E-state index in [4.69, 9.17) is 4.74 Å². The van der Waals surface area contributed by atoms with Crippen molar-refractivity contribution in [1.29, 1.82) is 0 Å². The van der Waals surface area contributed by atoms with Crippen LogP contribution in [0.2, 0.25) is 0 Å². The molecule has 0 radical (unpaired) electrons. The van der Waals surface area contributed by atoms with Crippen LogP contribution in [0.3, 0.4) is 0 Å². The molecule has 2 atom stereocenters. The first-order valence-corrected chi connectivity index (χ1v) is 5.36. The van der Waals surface area contributed by atoms with Crippen molar-refractivity contribution in [3.8, 4) is 0 Å². The van der Waals surface area contributed by atoms with Gasteiger partial charge in [0.05, 0.1) is 6.61 Å². The summed E-state index contributed by atoms with van der Waals surface area (Å²) >= 11 is 0. The summed E-state index contributed by atoms with van der Waals surface area (Å²) in [6.45, 7) is 6.23. The molecule has 0 aromatic carbocycles. The number of morpholine rings is 1. The molecule has 1 saturated heterocycles. The highest BCUT2D eigenvalue weighted by Gasteiger charge is 2.22. The zero-order valence-electron chi connectivity index (χ0n) is 9.01. The smallest absolute Gasteiger partial charge is 0.250 e. The Balaban J connectivity index is 2.25. The maximum atomic E-state index is 11.6. The molecule has 1 amide bonds. The summed E-state index contributed by atoms with van der Waals surface area (Å²) in [6.07, 6.45) is 1.81. The molecule has 0 aliphatic carbocycles. The van der Waals surface area contributed by atoms with E-state index >= 15 is 0 Å². The van der Waals surface area contributed by atoms with E-state index in [2.05, 4.69) is 17.6 Å². The third kappa shape index (κ3) is 3.64. The number of rotatable bonds is 4. The lowest BCUT2D eigenvalue weighted by Crippen LogP contribution is -2.49. The quantitative estimate of drug-likeness (QED) is 0.685. The summed E-state index contributed by atoms with van der Waals surface area (Å²) in [5.74, 6) is 0.0122. The van der Waals surface area contributed by atoms with Crippen molar-refractivity contribution in [2.45, 2.75) is 38.8 Å². The van der Waals surface area contributed by atoms with Crippen LogP contribution >= 0.6 is 0 Å². The molecule has 2 N–H and O–H groups in total. The summed E-state index contributed by atoms with van der Waals surface area (Å²) in [5.41, 5.74) is 0. The number of amides is 1. The van der Waals surface area contributed by atoms with Gasteiger partial charge in [-0.2, -0.15) is 0 Å². The molecule has 1 fully saturated rings. The Labute approximate surface area is 85.4 Å². The van der Waals surface area contributed by atoms with Crippen molar-refractivity contribution >= 4 is 5.91 Å². The standard InChI is InChI=1S/C10H20N2O2/c1-3-4-8(2)12-10(13)9-7-11-5-6-14-9/h8-9,11H,3-7H2,1-2H3,(H,12,13). The lowest BCUT2D eigenvalue weighted by Gasteiger charge is -2.24. The maximum absolute atomic E-state index is 11.6. The third-order valence-corrected chi connectivity index (χ3v) is 2.33. The van der Waals surface area contributed by atoms with Crippen molar-refractivity contribution in [2.75, 3.05) is 19.7 Å². The second-order valence-electron chi connectivity index (χ2n) is 3.76. The number of carbonyl (C=O) groups is 1. The lowest BCUT2D eigenvalue weighted by molar-refractivity contribution is -0.134. The van der Waals surface area contributed by atoms with Crippen molar-refractivity contribution in [2.24, 2.45) is 0 Å². The molecule has 0 aromatic rings. The molecular weight excluding hydrogens is 180 g/mol. The summed E-state index contributed by atoms with van der Waals surface area (Å²) < 4.78 is 5.34. The molecule has 0 spiro atoms. The topological polar surface area (TPSA) is 50.4 Å². The first-order chi connectivity index (χ1) is 6.74. The Hall–Kier alpha value is -0.610. The van der Waals surface area contributed by atoms with Crippen LogP contribution in [0, 0.1) is 0 Å². The van der Waals surface area contributed by atoms with Crippen molar-refractivity contribution in [3.05, 3.63) is 0 Å². The zero-order chi connectivity index (χ0) is 10.4. The molecule has 0 bridgehead atoms. The monoisotopic (exact) mass is 200 g/mol. The first-order valence-electron chi connectivity index (χ1n) is 5.36. The molecule has 0 aromatic heterocycles. The minimum absolute atomic E-state index is 0.0122. The van der Waals surface area contributed by atoms with Gasteiger partial charge >= 0.3 is 0 Å². The molecule has 1 aliphatic rings. The van der Waals surface area contributed by atoms with E-state index in [-0.39, 0.29) is 18.1 Å². The average molecular weight is 200 g/mol. The number of carbonyl (C=O) groups excluding carboxylic acids is 1. The van der Waals surface area contributed by atoms with Crippen LogP contribution in [0.1, 0.15) is 26.7 Å². The van der Waals surface area contributed by atoms with Crippen LogP contribution in [0.15, 0.2) is 0 Å². The van der Waals surface area contributed by atoms with Gasteiger partial charge in [0, 0.05) is 19.1 Å². The van der Waals surface area contributed by atoms with Crippen molar-refractivity contribution in [1.82, 2.24) is 10.6 Å². The van der Waals surface area contributed by atoms with E-state index < -0.39 is 0 Å². The Morgan fingerprint density at radius 2 is 2.50 bits per heavy atom. The van der Waals surface area contributed by atoms with Crippen LogP contribution in [0.25, 0.3) is 0 Å². The Kier molecular flexibility index (Phi) is 4.90. The normalized spacial score (nSPS) is 24.3. The number of hydrogen-bond donors (Lipinski definition) is 2. The molecular formula is C10H20N2O2. The highest BCUT2D eigenvalue weighted by atomic mass is 16.5. The summed E-state index contributed by atoms with van der Waals surface area (Å²) in [6, 6.07) is 0.248. The van der Waals surface area contributed by atoms with Crippen LogP contribution in [-0.2, 0) is 9.53 Å². The third-order valence-electron chi connectivity index (χ3n) is 2.33. The van der Waals surface area contributed by atoms with Gasteiger partial charge in [0.15, 0.2) is 0 Å². The predicted molar refractivity (Wildman–Crippen MR) is 55.1 cm³/mol. The maximum Gasteiger partial charge on any atom is 0.250 e. The SMILES string of the molecule is CCCC(C)NC(=O)C1CNCCO1. The van der Waals surface area contributed by atoms with Crippen LogP contribution in [-0.4, -0.2) is 37.7 Å². The Bertz CT molecular complexity index is 179. The highest BCUT2D eigenvalue weighted by Crippen LogP contribution is 1.99. The molecule has 1 aliphatic heterocycles. The molecule has 82 valence electrons. The predicted octanol–water partition coefficient (Wildman–Crippen LogP) is 0.280. The Morgan fingerprint density at radius 1 is 1.71 bits per heavy atom. The van der Waals surface area contributed by atoms with Gasteiger partial charge in [0.1, 0.15) is 6.10 Å². The van der Waals surface area contributed by atoms with Gasteiger partial charge in [-0.25, -0.2) is 0 Å². The largest absolute Gasteiger partial charge is 0.366 e. The van der Waals surface area contributed by atoms with Gasteiger partial charge in [-0.05, 0) is 13.3 Å². The van der Waals surface area contributed by atoms with E-state index in [0.29, 0.717) is 13.2 Å². The fourth-order valence-electron chi connectivity index (χ4n) is 1.57. The summed E-state index contributed by atoms with van der Waals surface area (Å²) in [5, 5.41) is 6.08. The number of hydrogen-bond acceptors (Lipinski definition) is 3. The van der Waals surface area contributed by atoms with Crippen molar-refractivity contribution < 1.29 is 9.53 Å². The van der Waals surface area contributed by atoms with Gasteiger partial charge in [-0.1, -0.05) is 13.3 Å². The molecule has 14 heavy (non-hydrogen) atoms. The zero-order valence-corrected chi connectivity index (χ0v) is 9.01. The van der Waals surface area contributed by atoms with Gasteiger partial charge in [0.25, 0.3) is 5.91 Å². The van der Waals surface area contributed by atoms with E-state index in [1.54, 1.807) is 0 Å². The molecule has 2 unspecified atom stereocenters. The first kappa shape index (κ1) is 11.5. The van der Waals surface area contributed by atoms with Gasteiger partial charge in [-0.15, -0.1) is 0 Å². The number of ether oxygens (including phenoxy) is 1. The minimum Gasteiger partial charge on any atom is -0.366 e. The summed E-state index contributed by atoms with van der Waals surface area (Å²) in [7, 11) is 0. The van der Waals surface area contributed by atoms with E-state index in [0.717, 1.165) is 19.4 Å². The second kappa shape index (κ2) is 5.98. The molecule has 4 nitrogen and oxygen atoms in total. The molecule has 0 saturated carbocycles. The molecule has 1 heterocycles. The van der Waals surface area contributed by atoms with Gasteiger partial charge in [0.2, 0.25) is 0 Å². The molecule has 1 rings (SSSR count). The number of nitrogens with one attached hydrogen (secondary N) is 2. The Morgan fingerprint density at radius 3 is 3.07 bits per heavy atom. The highest BCUT2D eigenvalue weighted by molar-refractivity contribution is 5.81. The van der Waals surface area contributed by atoms with Crippen LogP contribution in [0.4, 0.5) is 0 Å². The van der Waals surface area contributed by atoms with Gasteiger partial charge in [-0.3, -0.25) is 4.79 Å². The summed E-state index contributed by atoms with van der Waals surface area (Å²) in [4.78, 5) is 11.6. The van der Waals surface area contributed by atoms with E-state index in [9.17, 15) is 4.79 Å². The lowest BCUT2D eigenvalue weighted by atomic mass is 10.2.